The molecular formula is C17H15NO6S. The summed E-state index contributed by atoms with van der Waals surface area (Å²) in [7, 11) is 3.61. The maximum absolute atomic E-state index is 12.4. The van der Waals surface area contributed by atoms with Crippen LogP contribution in [0.25, 0.3) is 0 Å². The fourth-order valence-corrected chi connectivity index (χ4v) is 4.09. The van der Waals surface area contributed by atoms with Crippen LogP contribution in [0.5, 0.6) is 0 Å². The van der Waals surface area contributed by atoms with Crippen LogP contribution >= 0.6 is 11.8 Å². The molecule has 0 amide bonds. The van der Waals surface area contributed by atoms with Crippen molar-refractivity contribution in [3.05, 3.63) is 47.2 Å². The molecule has 0 aliphatic carbocycles. The third-order valence-corrected chi connectivity index (χ3v) is 5.17. The fourth-order valence-electron chi connectivity index (χ4n) is 2.78. The fraction of sp³-hybridized carbons (Fsp3) is 0.235. The van der Waals surface area contributed by atoms with Gasteiger partial charge < -0.3 is 19.1 Å². The Bertz CT molecular complexity index is 828. The Kier molecular flexibility index (Phi) is 4.54. The van der Waals surface area contributed by atoms with Gasteiger partial charge >= 0.3 is 17.9 Å². The minimum atomic E-state index is -0.798. The van der Waals surface area contributed by atoms with Gasteiger partial charge in [-0.1, -0.05) is 23.9 Å². The Balaban J connectivity index is 2.25. The number of benzene rings is 1. The highest BCUT2D eigenvalue weighted by molar-refractivity contribution is 8.00. The van der Waals surface area contributed by atoms with Crippen molar-refractivity contribution in [2.45, 2.75) is 10.3 Å². The summed E-state index contributed by atoms with van der Waals surface area (Å²) in [6.07, 6.45) is 1.51. The summed E-state index contributed by atoms with van der Waals surface area (Å²) in [5.74, 6) is -2.24. The van der Waals surface area contributed by atoms with Crippen molar-refractivity contribution >= 4 is 35.4 Å². The average molecular weight is 361 g/mol. The molecule has 0 saturated heterocycles. The lowest BCUT2D eigenvalue weighted by molar-refractivity contribution is -0.140. The normalized spacial score (nSPS) is 18.1. The van der Waals surface area contributed by atoms with Gasteiger partial charge in [-0.15, -0.1) is 0 Å². The molecule has 7 nitrogen and oxygen atoms in total. The van der Waals surface area contributed by atoms with Gasteiger partial charge in [0.2, 0.25) is 0 Å². The molecule has 0 unspecified atom stereocenters. The van der Waals surface area contributed by atoms with Crippen LogP contribution in [0.4, 0.5) is 5.69 Å². The molecule has 0 fully saturated rings. The van der Waals surface area contributed by atoms with Crippen molar-refractivity contribution in [1.82, 2.24) is 0 Å². The Hall–Kier alpha value is -2.74. The van der Waals surface area contributed by atoms with E-state index >= 15 is 0 Å². The van der Waals surface area contributed by atoms with Crippen molar-refractivity contribution in [3.63, 3.8) is 0 Å². The van der Waals surface area contributed by atoms with E-state index < -0.39 is 23.3 Å². The zero-order valence-electron chi connectivity index (χ0n) is 13.8. The third kappa shape index (κ3) is 2.68. The number of para-hydroxylation sites is 1. The minimum absolute atomic E-state index is 0.0525. The van der Waals surface area contributed by atoms with Crippen molar-refractivity contribution in [1.29, 1.82) is 0 Å². The number of anilines is 1. The first-order valence-corrected chi connectivity index (χ1v) is 8.16. The predicted molar refractivity (Wildman–Crippen MR) is 89.7 cm³/mol. The van der Waals surface area contributed by atoms with E-state index in [1.54, 1.807) is 4.90 Å². The molecule has 8 heteroatoms. The monoisotopic (exact) mass is 361 g/mol. The van der Waals surface area contributed by atoms with Gasteiger partial charge in [-0.3, -0.25) is 0 Å². The van der Waals surface area contributed by atoms with Gasteiger partial charge in [0.15, 0.2) is 0 Å². The van der Waals surface area contributed by atoms with Gasteiger partial charge in [-0.25, -0.2) is 14.4 Å². The average Bonchev–Trinajstić information content (AvgIpc) is 3.02. The number of esters is 3. The summed E-state index contributed by atoms with van der Waals surface area (Å²) in [5.41, 5.74) is 0.689. The number of hydrogen-bond acceptors (Lipinski definition) is 8. The highest BCUT2D eigenvalue weighted by atomic mass is 32.2. The number of thioether (sulfide) groups is 1. The van der Waals surface area contributed by atoms with Crippen LogP contribution < -0.4 is 4.90 Å². The molecule has 3 rings (SSSR count). The van der Waals surface area contributed by atoms with E-state index in [4.69, 9.17) is 14.2 Å². The van der Waals surface area contributed by atoms with Gasteiger partial charge in [-0.05, 0) is 12.1 Å². The Morgan fingerprint density at radius 2 is 1.60 bits per heavy atom. The van der Waals surface area contributed by atoms with E-state index in [1.165, 1.54) is 39.3 Å². The Morgan fingerprint density at radius 3 is 2.24 bits per heavy atom. The van der Waals surface area contributed by atoms with Crippen LogP contribution in [0.15, 0.2) is 52.1 Å². The Morgan fingerprint density at radius 1 is 0.960 bits per heavy atom. The second kappa shape index (κ2) is 6.64. The van der Waals surface area contributed by atoms with Crippen LogP contribution in [-0.2, 0) is 28.6 Å². The lowest BCUT2D eigenvalue weighted by Gasteiger charge is -2.30. The van der Waals surface area contributed by atoms with Crippen molar-refractivity contribution in [2.24, 2.45) is 0 Å². The first kappa shape index (κ1) is 17.1. The van der Waals surface area contributed by atoms with E-state index in [2.05, 4.69) is 0 Å². The zero-order valence-corrected chi connectivity index (χ0v) is 14.6. The molecule has 2 heterocycles. The van der Waals surface area contributed by atoms with Gasteiger partial charge in [0.25, 0.3) is 0 Å². The number of ether oxygens (including phenoxy) is 3. The molecule has 2 aliphatic rings. The van der Waals surface area contributed by atoms with Crippen LogP contribution in [-0.4, -0.2) is 44.6 Å². The summed E-state index contributed by atoms with van der Waals surface area (Å²) < 4.78 is 14.4. The second-order valence-electron chi connectivity index (χ2n) is 5.15. The molecule has 1 aromatic rings. The largest absolute Gasteiger partial charge is 0.466 e. The van der Waals surface area contributed by atoms with Crippen LogP contribution in [0, 0.1) is 0 Å². The maximum Gasteiger partial charge on any atom is 0.340 e. The SMILES string of the molecule is COC(=O)C1=CN2c3ccccc3S[C@@H]2C(C(=O)OC)=C1C(=O)OC. The molecule has 0 saturated carbocycles. The third-order valence-electron chi connectivity index (χ3n) is 3.89. The van der Waals surface area contributed by atoms with Gasteiger partial charge in [0.1, 0.15) is 5.37 Å². The summed E-state index contributed by atoms with van der Waals surface area (Å²) in [5, 5.41) is -0.535. The van der Waals surface area contributed by atoms with Crippen LogP contribution in [0.3, 0.4) is 0 Å². The summed E-state index contributed by atoms with van der Waals surface area (Å²) in [4.78, 5) is 39.7. The lowest BCUT2D eigenvalue weighted by Crippen LogP contribution is -2.38. The maximum atomic E-state index is 12.4. The molecule has 25 heavy (non-hydrogen) atoms. The summed E-state index contributed by atoms with van der Waals surface area (Å²) in [6, 6.07) is 7.49. The standard InChI is InChI=1S/C17H15NO6S/c1-22-15(19)9-8-18-10-6-4-5-7-11(10)25-14(18)13(17(21)24-3)12(9)16(20)23-2/h4-8,14H,1-3H3/t14-/m1/s1. The highest BCUT2D eigenvalue weighted by Gasteiger charge is 2.44. The van der Waals surface area contributed by atoms with Crippen LogP contribution in [0.2, 0.25) is 0 Å². The first-order valence-electron chi connectivity index (χ1n) is 7.28. The number of carbonyl (C=O) groups is 3. The molecule has 0 aromatic heterocycles. The summed E-state index contributed by atoms with van der Waals surface area (Å²) >= 11 is 1.39. The topological polar surface area (TPSA) is 82.1 Å². The Labute approximate surface area is 148 Å². The lowest BCUT2D eigenvalue weighted by atomic mass is 9.96. The van der Waals surface area contributed by atoms with E-state index in [1.807, 2.05) is 24.3 Å². The first-order chi connectivity index (χ1) is 12.0. The van der Waals surface area contributed by atoms with Gasteiger partial charge in [0, 0.05) is 11.1 Å². The number of methoxy groups -OCH3 is 3. The predicted octanol–water partition coefficient (Wildman–Crippen LogP) is 1.64. The van der Waals surface area contributed by atoms with Gasteiger partial charge in [0.05, 0.1) is 43.7 Å². The summed E-state index contributed by atoms with van der Waals surface area (Å²) in [6.45, 7) is 0. The quantitative estimate of drug-likeness (QED) is 0.594. The van der Waals surface area contributed by atoms with E-state index in [9.17, 15) is 14.4 Å². The molecule has 0 radical (unpaired) electrons. The molecule has 1 aromatic carbocycles. The number of hydrogen-bond donors (Lipinski definition) is 0. The molecule has 0 bridgehead atoms. The molecule has 1 atom stereocenters. The molecule has 2 aliphatic heterocycles. The smallest absolute Gasteiger partial charge is 0.340 e. The van der Waals surface area contributed by atoms with Crippen LogP contribution in [0.1, 0.15) is 0 Å². The van der Waals surface area contributed by atoms with E-state index in [0.717, 1.165) is 10.6 Å². The number of fused-ring (bicyclic) bond motifs is 3. The van der Waals surface area contributed by atoms with Crippen molar-refractivity contribution < 1.29 is 28.6 Å². The van der Waals surface area contributed by atoms with E-state index in [-0.39, 0.29) is 16.7 Å². The number of carbonyl (C=O) groups excluding carboxylic acids is 3. The molecule has 130 valence electrons. The minimum Gasteiger partial charge on any atom is -0.466 e. The number of rotatable bonds is 3. The molecule has 0 N–H and O–H groups in total. The molecule has 0 spiro atoms. The van der Waals surface area contributed by atoms with Crippen molar-refractivity contribution in [2.75, 3.05) is 26.2 Å². The second-order valence-corrected chi connectivity index (χ2v) is 6.27. The van der Waals surface area contributed by atoms with Gasteiger partial charge in [-0.2, -0.15) is 0 Å². The molecular weight excluding hydrogens is 346 g/mol. The highest BCUT2D eigenvalue weighted by Crippen LogP contribution is 2.49. The van der Waals surface area contributed by atoms with Crippen molar-refractivity contribution in [3.8, 4) is 0 Å². The number of nitrogens with zero attached hydrogens (tertiary/aromatic N) is 1. The van der Waals surface area contributed by atoms with E-state index in [0.29, 0.717) is 0 Å². The zero-order chi connectivity index (χ0) is 18.1.